The summed E-state index contributed by atoms with van der Waals surface area (Å²) in [4.78, 5) is 24.8. The molecule has 6 nitrogen and oxygen atoms in total. The van der Waals surface area contributed by atoms with E-state index in [1.165, 1.54) is 0 Å². The molecule has 1 saturated carbocycles. The summed E-state index contributed by atoms with van der Waals surface area (Å²) in [7, 11) is 0. The van der Waals surface area contributed by atoms with Crippen LogP contribution in [0, 0.1) is 17.8 Å². The largest absolute Gasteiger partial charge is 0.481 e. The van der Waals surface area contributed by atoms with Gasteiger partial charge in [0.2, 0.25) is 0 Å². The molecule has 0 unspecified atom stereocenters. The number of likely N-dealkylation sites (tertiary alicyclic amines) is 1. The lowest BCUT2D eigenvalue weighted by Gasteiger charge is -2.46. The maximum atomic E-state index is 12.1. The number of carboxylic acids is 1. The quantitative estimate of drug-likeness (QED) is 0.759. The lowest BCUT2D eigenvalue weighted by molar-refractivity contribution is -0.148. The fraction of sp³-hybridized carbons (Fsp3) is 0.857. The van der Waals surface area contributed by atoms with Crippen molar-refractivity contribution in [2.24, 2.45) is 17.8 Å². The molecule has 0 aromatic heterocycles. The second-order valence-corrected chi connectivity index (χ2v) is 6.90. The van der Waals surface area contributed by atoms with Gasteiger partial charge in [-0.05, 0) is 33.6 Å². The zero-order chi connectivity index (χ0) is 15.1. The van der Waals surface area contributed by atoms with Gasteiger partial charge in [0.1, 0.15) is 5.60 Å². The summed E-state index contributed by atoms with van der Waals surface area (Å²) < 4.78 is 5.34. The molecule has 1 saturated heterocycles. The van der Waals surface area contributed by atoms with Gasteiger partial charge in [0.05, 0.1) is 12.0 Å². The Morgan fingerprint density at radius 3 is 2.05 bits per heavy atom. The van der Waals surface area contributed by atoms with Crippen LogP contribution >= 0.6 is 0 Å². The van der Waals surface area contributed by atoms with E-state index in [1.54, 1.807) is 4.90 Å². The summed E-state index contributed by atoms with van der Waals surface area (Å²) in [6, 6.07) is 0. The standard InChI is InChI=1S/C14H23NO5/c1-14(2,3)20-13(19)15-6-9-4-8(12(17)18)5-10(7-15)11(9)16/h8-11,16H,4-7H2,1-3H3,(H,17,18)/t8?,9-,10-,11?/m1/s1. The van der Waals surface area contributed by atoms with Crippen LogP contribution in [0.4, 0.5) is 4.79 Å². The molecule has 6 heteroatoms. The minimum absolute atomic E-state index is 0.170. The van der Waals surface area contributed by atoms with Crippen LogP contribution in [-0.2, 0) is 9.53 Å². The van der Waals surface area contributed by atoms with E-state index in [-0.39, 0.29) is 17.9 Å². The number of piperidine rings is 1. The molecule has 0 spiro atoms. The molecule has 2 aliphatic rings. The van der Waals surface area contributed by atoms with Gasteiger partial charge in [-0.3, -0.25) is 4.79 Å². The molecule has 1 aliphatic heterocycles. The van der Waals surface area contributed by atoms with Crippen molar-refractivity contribution in [2.45, 2.75) is 45.3 Å². The molecule has 1 heterocycles. The zero-order valence-corrected chi connectivity index (χ0v) is 12.2. The highest BCUT2D eigenvalue weighted by atomic mass is 16.6. The number of amides is 1. The highest BCUT2D eigenvalue weighted by Gasteiger charge is 2.45. The number of ether oxygens (including phenoxy) is 1. The first-order chi connectivity index (χ1) is 9.17. The van der Waals surface area contributed by atoms with E-state index < -0.39 is 23.6 Å². The fourth-order valence-electron chi connectivity index (χ4n) is 3.17. The normalized spacial score (nSPS) is 33.7. The first-order valence-corrected chi connectivity index (χ1v) is 7.06. The lowest BCUT2D eigenvalue weighted by atomic mass is 9.70. The summed E-state index contributed by atoms with van der Waals surface area (Å²) in [5.41, 5.74) is -0.550. The number of nitrogens with zero attached hydrogens (tertiary/aromatic N) is 1. The van der Waals surface area contributed by atoms with Gasteiger partial charge in [0, 0.05) is 24.9 Å². The van der Waals surface area contributed by atoms with Gasteiger partial charge in [-0.15, -0.1) is 0 Å². The minimum Gasteiger partial charge on any atom is -0.481 e. The maximum absolute atomic E-state index is 12.1. The van der Waals surface area contributed by atoms with E-state index in [1.807, 2.05) is 20.8 Å². The van der Waals surface area contributed by atoms with Crippen molar-refractivity contribution in [2.75, 3.05) is 13.1 Å². The third-order valence-corrected chi connectivity index (χ3v) is 4.05. The monoisotopic (exact) mass is 285 g/mol. The number of carbonyl (C=O) groups excluding carboxylic acids is 1. The van der Waals surface area contributed by atoms with Crippen LogP contribution in [0.25, 0.3) is 0 Å². The molecular weight excluding hydrogens is 262 g/mol. The molecule has 1 aliphatic carbocycles. The molecule has 2 rings (SSSR count). The van der Waals surface area contributed by atoms with E-state index in [9.17, 15) is 14.7 Å². The van der Waals surface area contributed by atoms with Gasteiger partial charge in [-0.25, -0.2) is 4.79 Å². The number of carbonyl (C=O) groups is 2. The summed E-state index contributed by atoms with van der Waals surface area (Å²) in [6.45, 7) is 6.17. The van der Waals surface area contributed by atoms with Gasteiger partial charge in [-0.2, -0.15) is 0 Å². The first kappa shape index (κ1) is 15.1. The average Bonchev–Trinajstić information content (AvgIpc) is 2.25. The van der Waals surface area contributed by atoms with Crippen LogP contribution in [-0.4, -0.2) is 52.0 Å². The molecule has 2 N–H and O–H groups in total. The number of hydrogen-bond donors (Lipinski definition) is 2. The first-order valence-electron chi connectivity index (χ1n) is 7.06. The Morgan fingerprint density at radius 2 is 1.65 bits per heavy atom. The van der Waals surface area contributed by atoms with Crippen LogP contribution in [0.1, 0.15) is 33.6 Å². The van der Waals surface area contributed by atoms with Crippen LogP contribution in [0.15, 0.2) is 0 Å². The Kier molecular flexibility index (Phi) is 3.95. The number of hydrogen-bond acceptors (Lipinski definition) is 4. The van der Waals surface area contributed by atoms with E-state index in [4.69, 9.17) is 9.84 Å². The smallest absolute Gasteiger partial charge is 0.410 e. The predicted octanol–water partition coefficient (Wildman–Crippen LogP) is 1.32. The Morgan fingerprint density at radius 1 is 1.15 bits per heavy atom. The number of aliphatic hydroxyl groups excluding tert-OH is 1. The highest BCUT2D eigenvalue weighted by molar-refractivity contribution is 5.71. The Bertz CT molecular complexity index is 387. The second kappa shape index (κ2) is 5.24. The summed E-state index contributed by atoms with van der Waals surface area (Å²) in [6.07, 6.45) is -0.0454. The Labute approximate surface area is 118 Å². The van der Waals surface area contributed by atoms with E-state index in [2.05, 4.69) is 0 Å². The molecule has 2 fully saturated rings. The maximum Gasteiger partial charge on any atom is 0.410 e. The Hall–Kier alpha value is -1.30. The third kappa shape index (κ3) is 3.23. The van der Waals surface area contributed by atoms with Crippen LogP contribution in [0.3, 0.4) is 0 Å². The number of carboxylic acid groups (broad SMARTS) is 1. The molecule has 2 atom stereocenters. The molecule has 0 aromatic carbocycles. The topological polar surface area (TPSA) is 87.1 Å². The van der Waals surface area contributed by atoms with Gasteiger partial charge >= 0.3 is 12.1 Å². The van der Waals surface area contributed by atoms with Crippen molar-refractivity contribution in [1.82, 2.24) is 4.90 Å². The highest BCUT2D eigenvalue weighted by Crippen LogP contribution is 2.38. The van der Waals surface area contributed by atoms with Crippen molar-refractivity contribution in [3.8, 4) is 0 Å². The van der Waals surface area contributed by atoms with Crippen molar-refractivity contribution < 1.29 is 24.5 Å². The van der Waals surface area contributed by atoms with Crippen molar-refractivity contribution in [1.29, 1.82) is 0 Å². The van der Waals surface area contributed by atoms with Crippen molar-refractivity contribution >= 4 is 12.1 Å². The SMILES string of the molecule is CC(C)(C)OC(=O)N1C[C@H]2CC(C(=O)O)C[C@H](C1)C2O. The number of aliphatic hydroxyl groups is 1. The van der Waals surface area contributed by atoms with E-state index >= 15 is 0 Å². The molecule has 0 radical (unpaired) electrons. The average molecular weight is 285 g/mol. The second-order valence-electron chi connectivity index (χ2n) is 6.90. The molecule has 2 bridgehead atoms. The molecule has 20 heavy (non-hydrogen) atoms. The van der Waals surface area contributed by atoms with Gasteiger partial charge in [-0.1, -0.05) is 0 Å². The van der Waals surface area contributed by atoms with Gasteiger partial charge in [0.25, 0.3) is 0 Å². The summed E-state index contributed by atoms with van der Waals surface area (Å²) in [5, 5.41) is 19.3. The van der Waals surface area contributed by atoms with Gasteiger partial charge < -0.3 is 19.8 Å². The Balaban J connectivity index is 2.03. The molecule has 0 aromatic rings. The number of rotatable bonds is 1. The van der Waals surface area contributed by atoms with Crippen molar-refractivity contribution in [3.05, 3.63) is 0 Å². The van der Waals surface area contributed by atoms with Crippen LogP contribution < -0.4 is 0 Å². The van der Waals surface area contributed by atoms with Crippen LogP contribution in [0.2, 0.25) is 0 Å². The number of fused-ring (bicyclic) bond motifs is 2. The molecule has 114 valence electrons. The fourth-order valence-corrected chi connectivity index (χ4v) is 3.17. The van der Waals surface area contributed by atoms with E-state index in [0.29, 0.717) is 25.9 Å². The molecular formula is C14H23NO5. The lowest BCUT2D eigenvalue weighted by Crippen LogP contribution is -2.56. The van der Waals surface area contributed by atoms with Crippen LogP contribution in [0.5, 0.6) is 0 Å². The van der Waals surface area contributed by atoms with E-state index in [0.717, 1.165) is 0 Å². The third-order valence-electron chi connectivity index (χ3n) is 4.05. The summed E-state index contributed by atoms with van der Waals surface area (Å²) >= 11 is 0. The van der Waals surface area contributed by atoms with Crippen molar-refractivity contribution in [3.63, 3.8) is 0 Å². The predicted molar refractivity (Wildman–Crippen MR) is 71.2 cm³/mol. The van der Waals surface area contributed by atoms with Gasteiger partial charge in [0.15, 0.2) is 0 Å². The molecule has 1 amide bonds. The summed E-state index contributed by atoms with van der Waals surface area (Å²) in [5.74, 6) is -1.56. The zero-order valence-electron chi connectivity index (χ0n) is 12.2. The minimum atomic E-state index is -0.808. The number of aliphatic carboxylic acids is 1.